The van der Waals surface area contributed by atoms with Crippen LogP contribution in [0.4, 0.5) is 22.7 Å². The minimum Gasteiger partial charge on any atom is -0.341 e. The lowest BCUT2D eigenvalue weighted by atomic mass is 10.0. The molecule has 3 heteroatoms. The fourth-order valence-electron chi connectivity index (χ4n) is 3.75. The SMILES string of the molecule is C=Nc1cc(N(CC(C)CC)c2cc(CC)cc(CC)c2)ccc1/N=C\C/C(=C/C)CC. The van der Waals surface area contributed by atoms with E-state index in [0.29, 0.717) is 5.92 Å². The molecule has 0 aromatic heterocycles. The van der Waals surface area contributed by atoms with Crippen LogP contribution in [0.1, 0.15) is 71.9 Å². The summed E-state index contributed by atoms with van der Waals surface area (Å²) in [7, 11) is 0. The van der Waals surface area contributed by atoms with Crippen LogP contribution in [-0.2, 0) is 12.8 Å². The van der Waals surface area contributed by atoms with Crippen LogP contribution in [0.5, 0.6) is 0 Å². The molecular formula is C29H41N3. The van der Waals surface area contributed by atoms with Crippen LogP contribution in [-0.4, -0.2) is 19.5 Å². The molecule has 0 heterocycles. The molecule has 0 radical (unpaired) electrons. The van der Waals surface area contributed by atoms with Crippen molar-refractivity contribution >= 4 is 35.7 Å². The van der Waals surface area contributed by atoms with Crippen LogP contribution in [0, 0.1) is 5.92 Å². The van der Waals surface area contributed by atoms with Crippen molar-refractivity contribution in [3.05, 3.63) is 59.2 Å². The third kappa shape index (κ3) is 6.91. The first-order chi connectivity index (χ1) is 15.5. The number of nitrogens with zero attached hydrogens (tertiary/aromatic N) is 3. The highest BCUT2D eigenvalue weighted by Crippen LogP contribution is 2.36. The zero-order valence-corrected chi connectivity index (χ0v) is 21.0. The number of anilines is 2. The topological polar surface area (TPSA) is 28.0 Å². The zero-order valence-electron chi connectivity index (χ0n) is 21.0. The standard InChI is InChI=1S/C29H41N3/c1-8-22(6)21-32(27-18-24(11-4)17-25(12-5)19-27)26-13-14-28(29(20-26)30-7)31-16-15-23(9-2)10-3/h9,13-14,16-20,22H,7-8,10-12,15,21H2,1-6H3/b23-9+,31-16-. The summed E-state index contributed by atoms with van der Waals surface area (Å²) in [5.74, 6) is 0.580. The summed E-state index contributed by atoms with van der Waals surface area (Å²) in [5, 5.41) is 0. The van der Waals surface area contributed by atoms with Crippen LogP contribution in [0.15, 0.2) is 58.0 Å². The maximum Gasteiger partial charge on any atom is 0.0899 e. The summed E-state index contributed by atoms with van der Waals surface area (Å²) in [6.45, 7) is 18.1. The molecule has 0 saturated carbocycles. The highest BCUT2D eigenvalue weighted by molar-refractivity contribution is 5.78. The number of aryl methyl sites for hydroxylation is 2. The molecule has 0 aliphatic heterocycles. The Kier molecular flexibility index (Phi) is 10.4. The van der Waals surface area contributed by atoms with Crippen LogP contribution < -0.4 is 4.90 Å². The van der Waals surface area contributed by atoms with Gasteiger partial charge in [0.2, 0.25) is 0 Å². The van der Waals surface area contributed by atoms with E-state index in [1.54, 1.807) is 0 Å². The van der Waals surface area contributed by atoms with Gasteiger partial charge in [-0.15, -0.1) is 0 Å². The van der Waals surface area contributed by atoms with Crippen molar-refractivity contribution in [1.29, 1.82) is 0 Å². The second kappa shape index (κ2) is 13.0. The molecule has 0 N–H and O–H groups in total. The maximum absolute atomic E-state index is 4.70. The van der Waals surface area contributed by atoms with E-state index in [4.69, 9.17) is 4.99 Å². The number of benzene rings is 2. The molecule has 0 saturated heterocycles. The van der Waals surface area contributed by atoms with E-state index in [2.05, 4.69) is 101 Å². The third-order valence-corrected chi connectivity index (χ3v) is 6.24. The Labute approximate surface area is 196 Å². The summed E-state index contributed by atoms with van der Waals surface area (Å²) < 4.78 is 0. The molecule has 0 bridgehead atoms. The average Bonchev–Trinajstić information content (AvgIpc) is 2.84. The molecule has 3 nitrogen and oxygen atoms in total. The van der Waals surface area contributed by atoms with Crippen LogP contribution >= 0.6 is 0 Å². The molecular weight excluding hydrogens is 390 g/mol. The minimum atomic E-state index is 0.580. The van der Waals surface area contributed by atoms with Crippen molar-refractivity contribution in [3.63, 3.8) is 0 Å². The fraction of sp³-hybridized carbons (Fsp3) is 0.448. The molecule has 32 heavy (non-hydrogen) atoms. The predicted octanol–water partition coefficient (Wildman–Crippen LogP) is 8.78. The van der Waals surface area contributed by atoms with Crippen LogP contribution in [0.2, 0.25) is 0 Å². The number of hydrogen-bond acceptors (Lipinski definition) is 3. The first-order valence-corrected chi connectivity index (χ1v) is 12.2. The van der Waals surface area contributed by atoms with Crippen molar-refractivity contribution < 1.29 is 0 Å². The minimum absolute atomic E-state index is 0.580. The van der Waals surface area contributed by atoms with Gasteiger partial charge in [0.15, 0.2) is 0 Å². The van der Waals surface area contributed by atoms with E-state index in [0.717, 1.165) is 55.7 Å². The molecule has 2 aromatic rings. The lowest BCUT2D eigenvalue weighted by Gasteiger charge is -2.29. The molecule has 2 aromatic carbocycles. The molecule has 0 fully saturated rings. The van der Waals surface area contributed by atoms with Gasteiger partial charge in [-0.05, 0) is 80.3 Å². The lowest BCUT2D eigenvalue weighted by molar-refractivity contribution is 0.568. The Morgan fingerprint density at radius 1 is 0.969 bits per heavy atom. The molecule has 2 rings (SSSR count). The van der Waals surface area contributed by atoms with Crippen molar-refractivity contribution in [2.45, 2.75) is 73.6 Å². The Balaban J connectivity index is 2.46. The highest BCUT2D eigenvalue weighted by atomic mass is 15.1. The summed E-state index contributed by atoms with van der Waals surface area (Å²) in [6, 6.07) is 13.4. The summed E-state index contributed by atoms with van der Waals surface area (Å²) in [5.41, 5.74) is 8.25. The summed E-state index contributed by atoms with van der Waals surface area (Å²) >= 11 is 0. The predicted molar refractivity (Wildman–Crippen MR) is 144 cm³/mol. The smallest absolute Gasteiger partial charge is 0.0899 e. The monoisotopic (exact) mass is 431 g/mol. The van der Waals surface area contributed by atoms with E-state index >= 15 is 0 Å². The van der Waals surface area contributed by atoms with Crippen LogP contribution in [0.3, 0.4) is 0 Å². The van der Waals surface area contributed by atoms with E-state index in [1.807, 2.05) is 6.21 Å². The van der Waals surface area contributed by atoms with E-state index in [1.165, 1.54) is 22.4 Å². The quantitative estimate of drug-likeness (QED) is 0.244. The Morgan fingerprint density at radius 3 is 2.19 bits per heavy atom. The number of rotatable bonds is 12. The van der Waals surface area contributed by atoms with Crippen LogP contribution in [0.25, 0.3) is 0 Å². The van der Waals surface area contributed by atoms with E-state index < -0.39 is 0 Å². The Hall–Kier alpha value is -2.68. The van der Waals surface area contributed by atoms with Gasteiger partial charge in [0.25, 0.3) is 0 Å². The molecule has 0 spiro atoms. The average molecular weight is 432 g/mol. The fourth-order valence-corrected chi connectivity index (χ4v) is 3.75. The lowest BCUT2D eigenvalue weighted by Crippen LogP contribution is -2.23. The molecule has 0 aliphatic carbocycles. The Bertz CT molecular complexity index is 917. The van der Waals surface area contributed by atoms with Gasteiger partial charge in [-0.25, -0.2) is 0 Å². The van der Waals surface area contributed by atoms with Gasteiger partial charge in [-0.2, -0.15) is 0 Å². The molecule has 0 aliphatic rings. The highest BCUT2D eigenvalue weighted by Gasteiger charge is 2.16. The van der Waals surface area contributed by atoms with Gasteiger partial charge < -0.3 is 4.90 Å². The Morgan fingerprint density at radius 2 is 1.66 bits per heavy atom. The second-order valence-corrected chi connectivity index (χ2v) is 8.49. The van der Waals surface area contributed by atoms with Crippen molar-refractivity contribution in [2.75, 3.05) is 11.4 Å². The molecule has 0 amide bonds. The van der Waals surface area contributed by atoms with Gasteiger partial charge in [0, 0.05) is 30.6 Å². The number of allylic oxidation sites excluding steroid dienone is 2. The van der Waals surface area contributed by atoms with Gasteiger partial charge in [-0.1, -0.05) is 58.8 Å². The summed E-state index contributed by atoms with van der Waals surface area (Å²) in [4.78, 5) is 11.4. The van der Waals surface area contributed by atoms with E-state index in [-0.39, 0.29) is 0 Å². The van der Waals surface area contributed by atoms with Gasteiger partial charge in [0.05, 0.1) is 11.4 Å². The summed E-state index contributed by atoms with van der Waals surface area (Å²) in [6.07, 6.45) is 9.30. The molecule has 172 valence electrons. The third-order valence-electron chi connectivity index (χ3n) is 6.24. The molecule has 1 atom stereocenters. The number of aliphatic imine (C=N–C) groups is 2. The van der Waals surface area contributed by atoms with E-state index in [9.17, 15) is 0 Å². The second-order valence-electron chi connectivity index (χ2n) is 8.49. The maximum atomic E-state index is 4.70. The molecule has 1 unspecified atom stereocenters. The van der Waals surface area contributed by atoms with Gasteiger partial charge in [-0.3, -0.25) is 9.98 Å². The van der Waals surface area contributed by atoms with Crippen molar-refractivity contribution in [2.24, 2.45) is 15.9 Å². The largest absolute Gasteiger partial charge is 0.341 e. The van der Waals surface area contributed by atoms with Gasteiger partial charge >= 0.3 is 0 Å². The zero-order chi connectivity index (χ0) is 23.5. The first kappa shape index (κ1) is 25.6. The first-order valence-electron chi connectivity index (χ1n) is 12.2. The normalized spacial score (nSPS) is 12.9. The van der Waals surface area contributed by atoms with Crippen molar-refractivity contribution in [1.82, 2.24) is 0 Å². The van der Waals surface area contributed by atoms with Gasteiger partial charge in [0.1, 0.15) is 0 Å². The number of hydrogen-bond donors (Lipinski definition) is 0. The van der Waals surface area contributed by atoms with Crippen molar-refractivity contribution in [3.8, 4) is 0 Å².